The third-order valence-corrected chi connectivity index (χ3v) is 7.99. The van der Waals surface area contributed by atoms with Gasteiger partial charge in [-0.15, -0.1) is 23.7 Å². The van der Waals surface area contributed by atoms with Gasteiger partial charge in [0.25, 0.3) is 5.91 Å². The van der Waals surface area contributed by atoms with Crippen LogP contribution in [0.4, 0.5) is 5.82 Å². The molecule has 1 saturated carbocycles. The number of halogens is 2. The van der Waals surface area contributed by atoms with E-state index >= 15 is 0 Å². The number of pyridine rings is 1. The van der Waals surface area contributed by atoms with Gasteiger partial charge in [0.2, 0.25) is 5.89 Å². The molecule has 0 spiro atoms. The number of aryl methyl sites for hydroxylation is 1. The molecule has 0 aromatic carbocycles. The average Bonchev–Trinajstić information content (AvgIpc) is 3.52. The number of rotatable bonds is 5. The highest BCUT2D eigenvalue weighted by Gasteiger charge is 2.37. The molecule has 2 aliphatic rings. The molecule has 4 heterocycles. The van der Waals surface area contributed by atoms with E-state index in [0.29, 0.717) is 41.0 Å². The Morgan fingerprint density at radius 1 is 1.13 bits per heavy atom. The molecular formula is C24H28Cl2N8O4S. The molecule has 3 N–H and O–H groups in total. The van der Waals surface area contributed by atoms with Crippen LogP contribution in [-0.4, -0.2) is 68.4 Å². The van der Waals surface area contributed by atoms with Gasteiger partial charge in [0.15, 0.2) is 10.8 Å². The molecule has 3 atom stereocenters. The van der Waals surface area contributed by atoms with Gasteiger partial charge < -0.3 is 25.4 Å². The Bertz CT molecular complexity index is 1350. The van der Waals surface area contributed by atoms with Gasteiger partial charge in [-0.3, -0.25) is 14.4 Å². The number of carbonyl (C=O) groups excluding carboxylic acids is 3. The van der Waals surface area contributed by atoms with Crippen molar-refractivity contribution in [1.29, 1.82) is 0 Å². The SMILES string of the molecule is Cc1nc([C@H]2CC[C@H](NC(=O)C(=O)Nc3ccc(Cl)cn3)[C@H](NC(=O)c3nc4c(s3)CN(C)CC4)C2)no1.Cl. The van der Waals surface area contributed by atoms with Crippen LogP contribution in [-0.2, 0) is 22.6 Å². The zero-order valence-corrected chi connectivity index (χ0v) is 23.7. The maximum absolute atomic E-state index is 13.3. The van der Waals surface area contributed by atoms with Crippen molar-refractivity contribution in [2.75, 3.05) is 18.9 Å². The van der Waals surface area contributed by atoms with Gasteiger partial charge in [0.05, 0.1) is 16.8 Å². The fourth-order valence-corrected chi connectivity index (χ4v) is 5.93. The van der Waals surface area contributed by atoms with Gasteiger partial charge in [-0.05, 0) is 38.4 Å². The summed E-state index contributed by atoms with van der Waals surface area (Å²) in [6, 6.07) is 2.10. The molecule has 15 heteroatoms. The molecule has 1 aliphatic carbocycles. The smallest absolute Gasteiger partial charge is 0.314 e. The average molecular weight is 596 g/mol. The molecule has 3 aromatic rings. The molecule has 12 nitrogen and oxygen atoms in total. The Labute approximate surface area is 239 Å². The third kappa shape index (κ3) is 6.90. The molecule has 3 aromatic heterocycles. The molecule has 208 valence electrons. The van der Waals surface area contributed by atoms with Crippen LogP contribution in [0.2, 0.25) is 5.02 Å². The fraction of sp³-hybridized carbons (Fsp3) is 0.458. The highest BCUT2D eigenvalue weighted by atomic mass is 35.5. The predicted octanol–water partition coefficient (Wildman–Crippen LogP) is 2.48. The Kier molecular flexibility index (Phi) is 9.15. The quantitative estimate of drug-likeness (QED) is 0.378. The van der Waals surface area contributed by atoms with E-state index in [9.17, 15) is 14.4 Å². The molecule has 39 heavy (non-hydrogen) atoms. The number of hydrogen-bond acceptors (Lipinski definition) is 10. The van der Waals surface area contributed by atoms with Gasteiger partial charge >= 0.3 is 11.8 Å². The maximum atomic E-state index is 13.3. The second-order valence-electron chi connectivity index (χ2n) is 9.53. The van der Waals surface area contributed by atoms with Crippen LogP contribution >= 0.6 is 35.3 Å². The van der Waals surface area contributed by atoms with E-state index in [1.807, 2.05) is 7.05 Å². The Morgan fingerprint density at radius 3 is 2.67 bits per heavy atom. The second kappa shape index (κ2) is 12.4. The summed E-state index contributed by atoms with van der Waals surface area (Å²) >= 11 is 7.21. The summed E-state index contributed by atoms with van der Waals surface area (Å²) in [5.41, 5.74) is 0.958. The first-order valence-electron chi connectivity index (χ1n) is 12.3. The second-order valence-corrected chi connectivity index (χ2v) is 11.1. The van der Waals surface area contributed by atoms with Crippen molar-refractivity contribution < 1.29 is 18.9 Å². The largest absolute Gasteiger partial charge is 0.345 e. The fourth-order valence-electron chi connectivity index (χ4n) is 4.73. The number of carbonyl (C=O) groups is 3. The van der Waals surface area contributed by atoms with Crippen LogP contribution in [0.5, 0.6) is 0 Å². The summed E-state index contributed by atoms with van der Waals surface area (Å²) < 4.78 is 5.15. The predicted molar refractivity (Wildman–Crippen MR) is 146 cm³/mol. The number of anilines is 1. The number of amides is 3. The van der Waals surface area contributed by atoms with Crippen LogP contribution in [0.25, 0.3) is 0 Å². The molecule has 0 unspecified atom stereocenters. The van der Waals surface area contributed by atoms with Crippen molar-refractivity contribution in [3.8, 4) is 0 Å². The Morgan fingerprint density at radius 2 is 1.95 bits per heavy atom. The minimum atomic E-state index is -0.863. The number of nitrogens with one attached hydrogen (secondary N) is 3. The lowest BCUT2D eigenvalue weighted by atomic mass is 9.81. The van der Waals surface area contributed by atoms with Gasteiger partial charge in [-0.1, -0.05) is 16.8 Å². The van der Waals surface area contributed by atoms with E-state index in [1.54, 1.807) is 13.0 Å². The maximum Gasteiger partial charge on any atom is 0.314 e. The van der Waals surface area contributed by atoms with Crippen LogP contribution in [0.1, 0.15) is 57.3 Å². The van der Waals surface area contributed by atoms with Crippen molar-refractivity contribution in [3.05, 3.63) is 50.6 Å². The third-order valence-electron chi connectivity index (χ3n) is 6.68. The zero-order valence-electron chi connectivity index (χ0n) is 21.3. The molecule has 3 amide bonds. The molecule has 1 fully saturated rings. The van der Waals surface area contributed by atoms with Gasteiger partial charge in [-0.25, -0.2) is 9.97 Å². The topological polar surface area (TPSA) is 155 Å². The summed E-state index contributed by atoms with van der Waals surface area (Å²) in [6.07, 6.45) is 3.78. The van der Waals surface area contributed by atoms with E-state index in [-0.39, 0.29) is 30.0 Å². The summed E-state index contributed by atoms with van der Waals surface area (Å²) in [4.78, 5) is 54.7. The molecule has 0 saturated heterocycles. The summed E-state index contributed by atoms with van der Waals surface area (Å²) in [7, 11) is 2.04. The molecule has 1 aliphatic heterocycles. The number of aromatic nitrogens is 4. The van der Waals surface area contributed by atoms with Crippen molar-refractivity contribution in [2.45, 2.75) is 57.2 Å². The normalized spacial score (nSPS) is 20.8. The lowest BCUT2D eigenvalue weighted by Gasteiger charge is -2.35. The number of thiazole rings is 1. The number of nitrogens with zero attached hydrogens (tertiary/aromatic N) is 5. The molecular weight excluding hydrogens is 567 g/mol. The van der Waals surface area contributed by atoms with Crippen molar-refractivity contribution in [1.82, 2.24) is 35.6 Å². The van der Waals surface area contributed by atoms with Crippen LogP contribution in [0.15, 0.2) is 22.9 Å². The van der Waals surface area contributed by atoms with E-state index in [0.717, 1.165) is 30.1 Å². The lowest BCUT2D eigenvalue weighted by Crippen LogP contribution is -2.56. The first-order chi connectivity index (χ1) is 18.2. The van der Waals surface area contributed by atoms with Gasteiger partial charge in [0, 0.05) is 49.5 Å². The van der Waals surface area contributed by atoms with Crippen LogP contribution in [0, 0.1) is 6.92 Å². The first kappa shape index (κ1) is 28.9. The Hall–Kier alpha value is -3.13. The highest BCUT2D eigenvalue weighted by Crippen LogP contribution is 2.32. The van der Waals surface area contributed by atoms with E-state index < -0.39 is 23.9 Å². The van der Waals surface area contributed by atoms with E-state index in [2.05, 4.69) is 41.0 Å². The lowest BCUT2D eigenvalue weighted by molar-refractivity contribution is -0.136. The Balaban J connectivity index is 0.00000353. The standard InChI is InChI=1S/C24H27ClN8O4S.ClH/c1-12-27-20(32-37-12)13-3-5-15(28-21(34)22(35)31-19-6-4-14(25)10-26-19)17(9-13)29-23(36)24-30-16-7-8-33(2)11-18(16)38-24;/h4,6,10,13,15,17H,3,5,7-9,11H2,1-2H3,(H,28,34)(H,29,36)(H,26,31,35);1H/t13-,15-,17+;/m0./s1. The minimum Gasteiger partial charge on any atom is -0.345 e. The summed E-state index contributed by atoms with van der Waals surface area (Å²) in [5, 5.41) is 13.1. The van der Waals surface area contributed by atoms with E-state index in [4.69, 9.17) is 16.1 Å². The summed E-state index contributed by atoms with van der Waals surface area (Å²) in [5.74, 6) is -0.848. The van der Waals surface area contributed by atoms with Crippen molar-refractivity contribution in [3.63, 3.8) is 0 Å². The monoisotopic (exact) mass is 594 g/mol. The van der Waals surface area contributed by atoms with Crippen LogP contribution < -0.4 is 16.0 Å². The van der Waals surface area contributed by atoms with Gasteiger partial charge in [0.1, 0.15) is 5.82 Å². The van der Waals surface area contributed by atoms with Crippen molar-refractivity contribution in [2.24, 2.45) is 0 Å². The summed E-state index contributed by atoms with van der Waals surface area (Å²) in [6.45, 7) is 3.38. The van der Waals surface area contributed by atoms with E-state index in [1.165, 1.54) is 23.6 Å². The first-order valence-corrected chi connectivity index (χ1v) is 13.5. The van der Waals surface area contributed by atoms with Crippen LogP contribution in [0.3, 0.4) is 0 Å². The molecule has 5 rings (SSSR count). The number of hydrogen-bond donors (Lipinski definition) is 3. The number of fused-ring (bicyclic) bond motifs is 1. The molecule has 0 bridgehead atoms. The number of likely N-dealkylation sites (N-methyl/N-ethyl adjacent to an activating group) is 1. The van der Waals surface area contributed by atoms with Crippen molar-refractivity contribution >= 4 is 58.9 Å². The highest BCUT2D eigenvalue weighted by molar-refractivity contribution is 7.13. The molecule has 0 radical (unpaired) electrons. The minimum absolute atomic E-state index is 0. The van der Waals surface area contributed by atoms with Gasteiger partial charge in [-0.2, -0.15) is 4.98 Å². The zero-order chi connectivity index (χ0) is 26.8.